The minimum absolute atomic E-state index is 0.115. The fourth-order valence-corrected chi connectivity index (χ4v) is 3.80. The van der Waals surface area contributed by atoms with Crippen LogP contribution in [0.3, 0.4) is 0 Å². The van der Waals surface area contributed by atoms with Crippen LogP contribution < -0.4 is 5.06 Å². The van der Waals surface area contributed by atoms with E-state index < -0.39 is 12.1 Å². The molecule has 2 aliphatic rings. The zero-order valence-electron chi connectivity index (χ0n) is 16.2. The van der Waals surface area contributed by atoms with Gasteiger partial charge in [0.2, 0.25) is 0 Å². The van der Waals surface area contributed by atoms with Crippen LogP contribution in [0.2, 0.25) is 0 Å². The van der Waals surface area contributed by atoms with Crippen molar-refractivity contribution >= 4 is 0 Å². The van der Waals surface area contributed by atoms with Gasteiger partial charge in [-0.25, -0.2) is 0 Å². The largest absolute Gasteiger partial charge is 0.634 e. The van der Waals surface area contributed by atoms with Gasteiger partial charge in [0.05, 0.1) is 6.61 Å². The topological polar surface area (TPSA) is 64.4 Å². The number of hydrogen-bond donors (Lipinski definition) is 1. The van der Waals surface area contributed by atoms with Crippen molar-refractivity contribution in [2.75, 3.05) is 6.54 Å². The van der Waals surface area contributed by atoms with Crippen LogP contribution in [0.5, 0.6) is 0 Å². The van der Waals surface area contributed by atoms with Gasteiger partial charge in [0.25, 0.3) is 0 Å². The summed E-state index contributed by atoms with van der Waals surface area (Å²) in [5.41, 5.74) is 2.07. The Morgan fingerprint density at radius 3 is 2.29 bits per heavy atom. The molecule has 0 saturated carbocycles. The molecular weight excluding hydrogens is 358 g/mol. The maximum atomic E-state index is 12.6. The number of benzene rings is 2. The summed E-state index contributed by atoms with van der Waals surface area (Å²) in [7, 11) is 0. The summed E-state index contributed by atoms with van der Waals surface area (Å²) < 4.78 is 24.1. The molecule has 0 aromatic heterocycles. The van der Waals surface area contributed by atoms with E-state index in [4.69, 9.17) is 18.9 Å². The van der Waals surface area contributed by atoms with Crippen LogP contribution in [-0.2, 0) is 32.1 Å². The van der Waals surface area contributed by atoms with Gasteiger partial charge in [0, 0.05) is 5.56 Å². The zero-order chi connectivity index (χ0) is 19.6. The van der Waals surface area contributed by atoms with Crippen molar-refractivity contribution in [1.82, 2.24) is 0 Å². The highest BCUT2D eigenvalue weighted by Gasteiger charge is 2.56. The Balaban J connectivity index is 1.42. The highest BCUT2D eigenvalue weighted by atomic mass is 16.8. The normalized spacial score (nSPS) is 29.5. The van der Waals surface area contributed by atoms with Gasteiger partial charge in [-0.2, -0.15) is 0 Å². The Morgan fingerprint density at radius 1 is 0.964 bits per heavy atom. The van der Waals surface area contributed by atoms with E-state index in [1.807, 2.05) is 74.5 Å². The second-order valence-electron chi connectivity index (χ2n) is 7.81. The van der Waals surface area contributed by atoms with Gasteiger partial charge in [-0.3, -0.25) is 0 Å². The van der Waals surface area contributed by atoms with Crippen LogP contribution >= 0.6 is 0 Å². The van der Waals surface area contributed by atoms with Crippen molar-refractivity contribution in [3.05, 3.63) is 77.0 Å². The highest BCUT2D eigenvalue weighted by Crippen LogP contribution is 2.38. The molecule has 2 saturated heterocycles. The second-order valence-corrected chi connectivity index (χ2v) is 7.81. The van der Waals surface area contributed by atoms with Gasteiger partial charge in [0.15, 0.2) is 12.1 Å². The number of fused-ring (bicyclic) bond motifs is 1. The molecule has 5 atom stereocenters. The predicted octanol–water partition coefficient (Wildman–Crippen LogP) is 2.03. The van der Waals surface area contributed by atoms with Gasteiger partial charge in [-0.15, -0.1) is 0 Å². The first-order valence-corrected chi connectivity index (χ1v) is 9.72. The van der Waals surface area contributed by atoms with Crippen LogP contribution in [0.25, 0.3) is 0 Å². The molecule has 0 radical (unpaired) electrons. The van der Waals surface area contributed by atoms with Crippen molar-refractivity contribution in [1.29, 1.82) is 0 Å². The van der Waals surface area contributed by atoms with Gasteiger partial charge in [-0.05, 0) is 19.4 Å². The number of ether oxygens (including phenoxy) is 4. The summed E-state index contributed by atoms with van der Waals surface area (Å²) in [5, 5.41) is 12.7. The van der Waals surface area contributed by atoms with Crippen molar-refractivity contribution in [2.45, 2.75) is 57.4 Å². The minimum Gasteiger partial charge on any atom is -0.634 e. The van der Waals surface area contributed by atoms with E-state index in [0.29, 0.717) is 13.2 Å². The maximum Gasteiger partial charge on any atom is 0.190 e. The molecule has 0 spiro atoms. The van der Waals surface area contributed by atoms with Crippen LogP contribution in [0, 0.1) is 5.21 Å². The number of nitrogens with one attached hydrogen (secondary N) is 1. The molecule has 6 heteroatoms. The molecule has 1 unspecified atom stereocenters. The summed E-state index contributed by atoms with van der Waals surface area (Å²) in [5.74, 6) is -0.720. The Bertz CT molecular complexity index is 754. The van der Waals surface area contributed by atoms with Crippen LogP contribution in [0.1, 0.15) is 25.0 Å². The fraction of sp³-hybridized carbons (Fsp3) is 0.455. The maximum absolute atomic E-state index is 12.6. The fourth-order valence-electron chi connectivity index (χ4n) is 3.80. The lowest BCUT2D eigenvalue weighted by molar-refractivity contribution is -0.866. The molecule has 6 nitrogen and oxygen atoms in total. The van der Waals surface area contributed by atoms with Crippen molar-refractivity contribution in [3.8, 4) is 0 Å². The van der Waals surface area contributed by atoms with E-state index in [2.05, 4.69) is 0 Å². The molecule has 2 fully saturated rings. The summed E-state index contributed by atoms with van der Waals surface area (Å²) in [4.78, 5) is 0. The molecule has 1 N–H and O–H groups in total. The zero-order valence-corrected chi connectivity index (χ0v) is 16.2. The highest BCUT2D eigenvalue weighted by molar-refractivity contribution is 5.14. The van der Waals surface area contributed by atoms with E-state index in [1.54, 1.807) is 0 Å². The quantitative estimate of drug-likeness (QED) is 0.739. The van der Waals surface area contributed by atoms with Gasteiger partial charge >= 0.3 is 0 Å². The molecular formula is C22H27NO5. The first kappa shape index (κ1) is 19.5. The van der Waals surface area contributed by atoms with Crippen molar-refractivity contribution < 1.29 is 24.0 Å². The average molecular weight is 385 g/mol. The molecule has 2 aliphatic heterocycles. The predicted molar refractivity (Wildman–Crippen MR) is 103 cm³/mol. The van der Waals surface area contributed by atoms with Gasteiger partial charge < -0.3 is 29.2 Å². The van der Waals surface area contributed by atoms with Crippen LogP contribution in [0.4, 0.5) is 0 Å². The first-order chi connectivity index (χ1) is 13.5. The summed E-state index contributed by atoms with van der Waals surface area (Å²) in [6, 6.07) is 19.7. The molecule has 0 amide bonds. The number of hydroxylamine groups is 2. The van der Waals surface area contributed by atoms with E-state index in [1.165, 1.54) is 0 Å². The van der Waals surface area contributed by atoms with E-state index in [9.17, 15) is 5.21 Å². The standard InChI is InChI=1S/C22H27NO5/c1-22(2)27-20-19(25-15-17-11-7-4-8-12-17)18(26-21(20)28-22)14-23(24)13-16-9-5-3-6-10-16/h3-12,18-21,23H,13-15H2,1-2H3/t18-,19+,20-,21-/m1/s1. The molecule has 28 heavy (non-hydrogen) atoms. The summed E-state index contributed by atoms with van der Waals surface area (Å²) >= 11 is 0. The monoisotopic (exact) mass is 385 g/mol. The van der Waals surface area contributed by atoms with Crippen molar-refractivity contribution in [2.24, 2.45) is 0 Å². The molecule has 150 valence electrons. The third-order valence-electron chi connectivity index (χ3n) is 5.05. The molecule has 2 aromatic rings. The van der Waals surface area contributed by atoms with E-state index >= 15 is 0 Å². The average Bonchev–Trinajstić information content (AvgIpc) is 3.12. The first-order valence-electron chi connectivity index (χ1n) is 9.72. The lowest BCUT2D eigenvalue weighted by atomic mass is 10.1. The van der Waals surface area contributed by atoms with Crippen LogP contribution in [-0.4, -0.2) is 36.9 Å². The lowest BCUT2D eigenvalue weighted by Crippen LogP contribution is -3.07. The molecule has 4 rings (SSSR count). The molecule has 2 aromatic carbocycles. The third-order valence-corrected chi connectivity index (χ3v) is 5.05. The Morgan fingerprint density at radius 2 is 1.61 bits per heavy atom. The summed E-state index contributed by atoms with van der Waals surface area (Å²) in [6.45, 7) is 4.81. The minimum atomic E-state index is -0.720. The van der Waals surface area contributed by atoms with Gasteiger partial charge in [-0.1, -0.05) is 60.7 Å². The van der Waals surface area contributed by atoms with E-state index in [0.717, 1.165) is 11.1 Å². The summed E-state index contributed by atoms with van der Waals surface area (Å²) in [6.07, 6.45) is -1.59. The number of quaternary nitrogens is 1. The second kappa shape index (κ2) is 8.29. The molecule has 2 heterocycles. The lowest BCUT2D eigenvalue weighted by Gasteiger charge is -2.30. The Labute approximate surface area is 165 Å². The number of rotatable bonds is 7. The number of hydrogen-bond acceptors (Lipinski definition) is 5. The Kier molecular flexibility index (Phi) is 5.78. The smallest absolute Gasteiger partial charge is 0.190 e. The SMILES string of the molecule is CC1(C)O[C@H]2O[C@H](C[NH+]([O-])Cc3ccccc3)[C@H](OCc3ccccc3)[C@H]2O1. The Hall–Kier alpha value is -1.80. The molecule has 0 aliphatic carbocycles. The van der Waals surface area contributed by atoms with E-state index in [-0.39, 0.29) is 29.9 Å². The van der Waals surface area contributed by atoms with Gasteiger partial charge in [0.1, 0.15) is 31.4 Å². The van der Waals surface area contributed by atoms with Crippen molar-refractivity contribution in [3.63, 3.8) is 0 Å². The molecule has 0 bridgehead atoms. The van der Waals surface area contributed by atoms with Crippen LogP contribution in [0.15, 0.2) is 60.7 Å². The third kappa shape index (κ3) is 4.60.